The highest BCUT2D eigenvalue weighted by Gasteiger charge is 1.95. The highest BCUT2D eigenvalue weighted by molar-refractivity contribution is 5.85. The molecule has 0 aromatic carbocycles. The Morgan fingerprint density at radius 2 is 1.89 bits per heavy atom. The van der Waals surface area contributed by atoms with E-state index in [1.807, 2.05) is 13.8 Å². The maximum Gasteiger partial charge on any atom is 0.353 e. The molecule has 0 atom stereocenters. The molecule has 0 amide bonds. The standard InChI is InChI=1S/C3H6N2O2.C2H6/c4-1-2(5)3(6)7;1-2/h1H,4-5H2,(H,6,7);1-2H3/b2-1-;. The van der Waals surface area contributed by atoms with Gasteiger partial charge in [0.2, 0.25) is 0 Å². The first-order valence-electron chi connectivity index (χ1n) is 2.59. The van der Waals surface area contributed by atoms with Crippen LogP contribution in [0.2, 0.25) is 0 Å². The number of aliphatic carboxylic acids is 1. The summed E-state index contributed by atoms with van der Waals surface area (Å²) in [4.78, 5) is 9.66. The summed E-state index contributed by atoms with van der Waals surface area (Å²) in [6.07, 6.45) is 0.836. The summed E-state index contributed by atoms with van der Waals surface area (Å²) in [5.41, 5.74) is 9.12. The predicted octanol–water partition coefficient (Wildman–Crippen LogP) is -0.144. The zero-order valence-corrected chi connectivity index (χ0v) is 5.59. The molecule has 0 aliphatic carbocycles. The number of hydrogen-bond donors (Lipinski definition) is 3. The smallest absolute Gasteiger partial charge is 0.353 e. The van der Waals surface area contributed by atoms with Crippen LogP contribution < -0.4 is 11.5 Å². The van der Waals surface area contributed by atoms with Crippen LogP contribution in [-0.2, 0) is 4.79 Å². The van der Waals surface area contributed by atoms with E-state index in [-0.39, 0.29) is 5.70 Å². The van der Waals surface area contributed by atoms with Crippen LogP contribution in [0.25, 0.3) is 0 Å². The third-order valence-electron chi connectivity index (χ3n) is 0.427. The van der Waals surface area contributed by atoms with Gasteiger partial charge in [0, 0.05) is 6.20 Å². The van der Waals surface area contributed by atoms with Gasteiger partial charge >= 0.3 is 5.97 Å². The molecular weight excluding hydrogens is 120 g/mol. The maximum absolute atomic E-state index is 9.66. The molecule has 0 saturated carbocycles. The molecule has 9 heavy (non-hydrogen) atoms. The van der Waals surface area contributed by atoms with E-state index in [0.29, 0.717) is 0 Å². The molecule has 0 bridgehead atoms. The fraction of sp³-hybridized carbons (Fsp3) is 0.400. The van der Waals surface area contributed by atoms with Crippen LogP contribution in [0, 0.1) is 0 Å². The number of carboxylic acids is 1. The molecule has 4 nitrogen and oxygen atoms in total. The number of hydrogen-bond acceptors (Lipinski definition) is 3. The highest BCUT2D eigenvalue weighted by Crippen LogP contribution is 1.73. The van der Waals surface area contributed by atoms with E-state index < -0.39 is 5.97 Å². The minimum Gasteiger partial charge on any atom is -0.477 e. The molecule has 0 spiro atoms. The van der Waals surface area contributed by atoms with Gasteiger partial charge in [0.1, 0.15) is 5.70 Å². The van der Waals surface area contributed by atoms with E-state index >= 15 is 0 Å². The monoisotopic (exact) mass is 132 g/mol. The number of carbonyl (C=O) groups is 1. The zero-order valence-electron chi connectivity index (χ0n) is 5.59. The van der Waals surface area contributed by atoms with Gasteiger partial charge in [0.05, 0.1) is 0 Å². The first-order valence-corrected chi connectivity index (χ1v) is 2.59. The van der Waals surface area contributed by atoms with Gasteiger partial charge < -0.3 is 16.6 Å². The lowest BCUT2D eigenvalue weighted by molar-refractivity contribution is -0.132. The van der Waals surface area contributed by atoms with E-state index in [1.165, 1.54) is 0 Å². The molecule has 0 aliphatic rings. The Balaban J connectivity index is 0. The Kier molecular flexibility index (Phi) is 8.12. The molecule has 0 fully saturated rings. The summed E-state index contributed by atoms with van der Waals surface area (Å²) in [5, 5.41) is 7.91. The lowest BCUT2D eigenvalue weighted by Crippen LogP contribution is -2.11. The molecule has 5 N–H and O–H groups in total. The number of rotatable bonds is 1. The van der Waals surface area contributed by atoms with Crippen LogP contribution >= 0.6 is 0 Å². The van der Waals surface area contributed by atoms with Crippen molar-refractivity contribution in [3.63, 3.8) is 0 Å². The minimum atomic E-state index is -1.19. The van der Waals surface area contributed by atoms with Gasteiger partial charge in [-0.1, -0.05) is 13.8 Å². The largest absolute Gasteiger partial charge is 0.477 e. The third kappa shape index (κ3) is 6.81. The topological polar surface area (TPSA) is 89.3 Å². The molecule has 0 aliphatic heterocycles. The summed E-state index contributed by atoms with van der Waals surface area (Å²) < 4.78 is 0. The lowest BCUT2D eigenvalue weighted by atomic mass is 10.5. The molecule has 0 unspecified atom stereocenters. The maximum atomic E-state index is 9.66. The summed E-state index contributed by atoms with van der Waals surface area (Å²) in [6.45, 7) is 4.00. The van der Waals surface area contributed by atoms with Gasteiger partial charge in [0.25, 0.3) is 0 Å². The van der Waals surface area contributed by atoms with E-state index in [1.54, 1.807) is 0 Å². The fourth-order valence-electron chi connectivity index (χ4n) is 0.0713. The first kappa shape index (κ1) is 10.7. The highest BCUT2D eigenvalue weighted by atomic mass is 16.4. The molecule has 0 heterocycles. The van der Waals surface area contributed by atoms with Crippen LogP contribution in [0.3, 0.4) is 0 Å². The van der Waals surface area contributed by atoms with Crippen molar-refractivity contribution in [2.75, 3.05) is 0 Å². The Bertz CT molecular complexity index is 110. The Morgan fingerprint density at radius 3 is 1.89 bits per heavy atom. The van der Waals surface area contributed by atoms with Crippen LogP contribution in [0.5, 0.6) is 0 Å². The SMILES string of the molecule is CC.N/C=C(\N)C(=O)O. The van der Waals surface area contributed by atoms with Crippen molar-refractivity contribution in [3.05, 3.63) is 11.9 Å². The van der Waals surface area contributed by atoms with Gasteiger partial charge in [-0.15, -0.1) is 0 Å². The van der Waals surface area contributed by atoms with Crippen molar-refractivity contribution < 1.29 is 9.90 Å². The average molecular weight is 132 g/mol. The van der Waals surface area contributed by atoms with E-state index in [4.69, 9.17) is 16.6 Å². The lowest BCUT2D eigenvalue weighted by Gasteiger charge is -1.84. The van der Waals surface area contributed by atoms with Gasteiger partial charge in [-0.2, -0.15) is 0 Å². The molecule has 0 aromatic rings. The average Bonchev–Trinajstić information content (AvgIpc) is 1.91. The minimum absolute atomic E-state index is 0.333. The van der Waals surface area contributed by atoms with Crippen LogP contribution in [0.15, 0.2) is 11.9 Å². The van der Waals surface area contributed by atoms with Gasteiger partial charge in [-0.3, -0.25) is 0 Å². The van der Waals surface area contributed by atoms with Crippen LogP contribution in [0.4, 0.5) is 0 Å². The van der Waals surface area contributed by atoms with Gasteiger partial charge in [-0.25, -0.2) is 4.79 Å². The molecule has 0 aromatic heterocycles. The van der Waals surface area contributed by atoms with Crippen LogP contribution in [0.1, 0.15) is 13.8 Å². The summed E-state index contributed by atoms with van der Waals surface area (Å²) >= 11 is 0. The second-order valence-corrected chi connectivity index (χ2v) is 0.927. The van der Waals surface area contributed by atoms with Crippen molar-refractivity contribution >= 4 is 5.97 Å². The molecule has 54 valence electrons. The summed E-state index contributed by atoms with van der Waals surface area (Å²) in [5.74, 6) is -1.19. The third-order valence-corrected chi connectivity index (χ3v) is 0.427. The summed E-state index contributed by atoms with van der Waals surface area (Å²) in [7, 11) is 0. The van der Waals surface area contributed by atoms with Gasteiger partial charge in [-0.05, 0) is 0 Å². The summed E-state index contributed by atoms with van der Waals surface area (Å²) in [6, 6.07) is 0. The van der Waals surface area contributed by atoms with E-state index in [2.05, 4.69) is 0 Å². The molecule has 4 heteroatoms. The number of nitrogens with two attached hydrogens (primary N) is 2. The second kappa shape index (κ2) is 6.81. The quantitative estimate of drug-likeness (QED) is 0.433. The van der Waals surface area contributed by atoms with Gasteiger partial charge in [0.15, 0.2) is 0 Å². The molecule has 0 saturated heterocycles. The normalized spacial score (nSPS) is 9.33. The molecule has 0 radical (unpaired) electrons. The van der Waals surface area contributed by atoms with Crippen molar-refractivity contribution in [1.29, 1.82) is 0 Å². The second-order valence-electron chi connectivity index (χ2n) is 0.927. The predicted molar refractivity (Wildman–Crippen MR) is 35.4 cm³/mol. The van der Waals surface area contributed by atoms with Crippen molar-refractivity contribution in [3.8, 4) is 0 Å². The van der Waals surface area contributed by atoms with Crippen molar-refractivity contribution in [2.45, 2.75) is 13.8 Å². The Labute approximate surface area is 54.2 Å². The molecule has 0 rings (SSSR count). The van der Waals surface area contributed by atoms with E-state index in [0.717, 1.165) is 6.20 Å². The molecular formula is C5H12N2O2. The Hall–Kier alpha value is -1.19. The van der Waals surface area contributed by atoms with Crippen LogP contribution in [-0.4, -0.2) is 11.1 Å². The number of carboxylic acid groups (broad SMARTS) is 1. The Morgan fingerprint density at radius 1 is 1.56 bits per heavy atom. The van der Waals surface area contributed by atoms with E-state index in [9.17, 15) is 4.79 Å². The fourth-order valence-corrected chi connectivity index (χ4v) is 0.0713. The van der Waals surface area contributed by atoms with Crippen molar-refractivity contribution in [1.82, 2.24) is 0 Å². The van der Waals surface area contributed by atoms with Crippen molar-refractivity contribution in [2.24, 2.45) is 11.5 Å². The first-order chi connectivity index (χ1) is 4.18. The zero-order chi connectivity index (χ0) is 7.86.